The summed E-state index contributed by atoms with van der Waals surface area (Å²) in [4.78, 5) is 2.72. The summed E-state index contributed by atoms with van der Waals surface area (Å²) in [5.74, 6) is 0.990. The largest absolute Gasteiger partial charge is 0.314 e. The smallest absolute Gasteiger partial charge is 0.0102 e. The number of hydrogen-bond acceptors (Lipinski definition) is 2. The van der Waals surface area contributed by atoms with E-state index < -0.39 is 0 Å². The van der Waals surface area contributed by atoms with Gasteiger partial charge in [-0.15, -0.1) is 0 Å². The maximum absolute atomic E-state index is 3.68. The fourth-order valence-electron chi connectivity index (χ4n) is 3.43. The molecule has 1 aliphatic rings. The highest BCUT2D eigenvalue weighted by molar-refractivity contribution is 4.85. The Bertz CT molecular complexity index is 250. The first kappa shape index (κ1) is 18.0. The van der Waals surface area contributed by atoms with Gasteiger partial charge in [0.15, 0.2) is 0 Å². The van der Waals surface area contributed by atoms with Gasteiger partial charge in [0, 0.05) is 12.6 Å². The maximum Gasteiger partial charge on any atom is 0.0102 e. The van der Waals surface area contributed by atoms with E-state index in [4.69, 9.17) is 0 Å². The molecule has 0 bridgehead atoms. The van der Waals surface area contributed by atoms with Gasteiger partial charge >= 0.3 is 0 Å². The van der Waals surface area contributed by atoms with Crippen LogP contribution in [0.1, 0.15) is 73.1 Å². The van der Waals surface area contributed by atoms with E-state index in [1.165, 1.54) is 58.2 Å². The first-order valence-corrected chi connectivity index (χ1v) is 8.95. The van der Waals surface area contributed by atoms with Gasteiger partial charge < -0.3 is 10.2 Å². The first-order valence-electron chi connectivity index (χ1n) is 8.95. The normalized spacial score (nSPS) is 23.6. The lowest BCUT2D eigenvalue weighted by Gasteiger charge is -2.37. The Balaban J connectivity index is 2.42. The Morgan fingerprint density at radius 3 is 2.55 bits per heavy atom. The van der Waals surface area contributed by atoms with Gasteiger partial charge in [0.25, 0.3) is 0 Å². The molecule has 0 radical (unpaired) electrons. The summed E-state index contributed by atoms with van der Waals surface area (Å²) in [6, 6.07) is 0.595. The summed E-state index contributed by atoms with van der Waals surface area (Å²) in [6.07, 6.45) is 8.29. The lowest BCUT2D eigenvalue weighted by molar-refractivity contribution is 0.144. The van der Waals surface area contributed by atoms with E-state index in [0.29, 0.717) is 11.5 Å². The molecule has 0 aromatic heterocycles. The minimum absolute atomic E-state index is 0.361. The minimum Gasteiger partial charge on any atom is -0.314 e. The van der Waals surface area contributed by atoms with Crippen LogP contribution in [0, 0.1) is 11.3 Å². The molecule has 2 atom stereocenters. The van der Waals surface area contributed by atoms with Crippen LogP contribution in [0.2, 0.25) is 0 Å². The van der Waals surface area contributed by atoms with Gasteiger partial charge in [0.1, 0.15) is 0 Å². The van der Waals surface area contributed by atoms with E-state index in [9.17, 15) is 0 Å². The molecule has 1 fully saturated rings. The third kappa shape index (κ3) is 6.13. The molecule has 1 rings (SSSR count). The molecule has 0 saturated carbocycles. The quantitative estimate of drug-likeness (QED) is 0.714. The van der Waals surface area contributed by atoms with Crippen molar-refractivity contribution >= 4 is 0 Å². The van der Waals surface area contributed by atoms with Gasteiger partial charge in [-0.3, -0.25) is 0 Å². The fraction of sp³-hybridized carbons (Fsp3) is 1.00. The number of hydrogen-bond donors (Lipinski definition) is 1. The molecule has 1 heterocycles. The van der Waals surface area contributed by atoms with E-state index in [-0.39, 0.29) is 0 Å². The van der Waals surface area contributed by atoms with Crippen molar-refractivity contribution in [1.82, 2.24) is 10.2 Å². The van der Waals surface area contributed by atoms with E-state index in [0.717, 1.165) is 12.5 Å². The minimum atomic E-state index is 0.361. The molecule has 0 aromatic rings. The van der Waals surface area contributed by atoms with Gasteiger partial charge in [-0.05, 0) is 63.6 Å². The predicted octanol–water partition coefficient (Wildman–Crippen LogP) is 4.30. The maximum atomic E-state index is 3.68. The molecule has 1 aliphatic heterocycles. The van der Waals surface area contributed by atoms with Crippen molar-refractivity contribution in [3.05, 3.63) is 0 Å². The summed E-state index contributed by atoms with van der Waals surface area (Å²) in [7, 11) is 0. The zero-order valence-corrected chi connectivity index (χ0v) is 14.7. The van der Waals surface area contributed by atoms with E-state index >= 15 is 0 Å². The zero-order valence-electron chi connectivity index (χ0n) is 14.7. The molecule has 2 nitrogen and oxygen atoms in total. The van der Waals surface area contributed by atoms with Crippen LogP contribution in [0.4, 0.5) is 0 Å². The van der Waals surface area contributed by atoms with Crippen LogP contribution >= 0.6 is 0 Å². The Labute approximate surface area is 127 Å². The highest BCUT2D eigenvalue weighted by Gasteiger charge is 2.28. The average molecular weight is 283 g/mol. The summed E-state index contributed by atoms with van der Waals surface area (Å²) in [5.41, 5.74) is 0.361. The zero-order chi connectivity index (χ0) is 15.0. The molecule has 0 spiro atoms. The van der Waals surface area contributed by atoms with Crippen molar-refractivity contribution in [2.45, 2.75) is 79.2 Å². The standard InChI is InChI=1S/C18H38N2/c1-6-9-17-10-8-13-20(14-11-17)15-18(4,5)16(3)19-12-7-2/h16-17,19H,6-15H2,1-5H3. The van der Waals surface area contributed by atoms with E-state index in [2.05, 4.69) is 44.8 Å². The van der Waals surface area contributed by atoms with Crippen LogP contribution in [-0.2, 0) is 0 Å². The van der Waals surface area contributed by atoms with Crippen LogP contribution in [0.15, 0.2) is 0 Å². The highest BCUT2D eigenvalue weighted by Crippen LogP contribution is 2.26. The number of rotatable bonds is 8. The first-order chi connectivity index (χ1) is 9.49. The summed E-state index contributed by atoms with van der Waals surface area (Å²) in [5, 5.41) is 3.68. The van der Waals surface area contributed by atoms with Gasteiger partial charge in [0.05, 0.1) is 0 Å². The van der Waals surface area contributed by atoms with Gasteiger partial charge in [0.2, 0.25) is 0 Å². The third-order valence-corrected chi connectivity index (χ3v) is 5.14. The number of nitrogens with one attached hydrogen (secondary N) is 1. The second-order valence-electron chi connectivity index (χ2n) is 7.53. The molecular formula is C18H38N2. The van der Waals surface area contributed by atoms with Crippen molar-refractivity contribution in [1.29, 1.82) is 0 Å². The van der Waals surface area contributed by atoms with Crippen molar-refractivity contribution in [2.24, 2.45) is 11.3 Å². The molecule has 2 heteroatoms. The molecular weight excluding hydrogens is 244 g/mol. The topological polar surface area (TPSA) is 15.3 Å². The lowest BCUT2D eigenvalue weighted by atomic mass is 9.84. The molecule has 0 aliphatic carbocycles. The summed E-state index contributed by atoms with van der Waals surface area (Å²) < 4.78 is 0. The van der Waals surface area contributed by atoms with Crippen molar-refractivity contribution < 1.29 is 0 Å². The fourth-order valence-corrected chi connectivity index (χ4v) is 3.43. The average Bonchev–Trinajstić information content (AvgIpc) is 2.61. The van der Waals surface area contributed by atoms with E-state index in [1.807, 2.05) is 0 Å². The second-order valence-corrected chi connectivity index (χ2v) is 7.53. The Morgan fingerprint density at radius 2 is 1.90 bits per heavy atom. The van der Waals surface area contributed by atoms with Gasteiger partial charge in [-0.1, -0.05) is 40.5 Å². The van der Waals surface area contributed by atoms with E-state index in [1.54, 1.807) is 0 Å². The van der Waals surface area contributed by atoms with Gasteiger partial charge in [-0.2, -0.15) is 0 Å². The molecule has 120 valence electrons. The van der Waals surface area contributed by atoms with Crippen LogP contribution in [0.5, 0.6) is 0 Å². The number of likely N-dealkylation sites (tertiary alicyclic amines) is 1. The van der Waals surface area contributed by atoms with Crippen LogP contribution in [0.3, 0.4) is 0 Å². The lowest BCUT2D eigenvalue weighted by Crippen LogP contribution is -2.47. The van der Waals surface area contributed by atoms with Gasteiger partial charge in [-0.25, -0.2) is 0 Å². The molecule has 0 aromatic carbocycles. The molecule has 2 unspecified atom stereocenters. The van der Waals surface area contributed by atoms with Crippen molar-refractivity contribution in [3.8, 4) is 0 Å². The molecule has 0 amide bonds. The Hall–Kier alpha value is -0.0800. The molecule has 1 N–H and O–H groups in total. The van der Waals surface area contributed by atoms with Crippen molar-refractivity contribution in [2.75, 3.05) is 26.2 Å². The third-order valence-electron chi connectivity index (χ3n) is 5.14. The highest BCUT2D eigenvalue weighted by atomic mass is 15.1. The monoisotopic (exact) mass is 282 g/mol. The predicted molar refractivity (Wildman–Crippen MR) is 90.2 cm³/mol. The van der Waals surface area contributed by atoms with Crippen molar-refractivity contribution in [3.63, 3.8) is 0 Å². The Morgan fingerprint density at radius 1 is 1.15 bits per heavy atom. The second kappa shape index (κ2) is 9.04. The SMILES string of the molecule is CCCNC(C)C(C)(C)CN1CCCC(CCC)CC1. The number of nitrogens with zero attached hydrogens (tertiary/aromatic N) is 1. The Kier molecular flexibility index (Phi) is 8.13. The summed E-state index contributed by atoms with van der Waals surface area (Å²) in [6.45, 7) is 16.8. The molecule has 1 saturated heterocycles. The summed E-state index contributed by atoms with van der Waals surface area (Å²) >= 11 is 0. The van der Waals surface area contributed by atoms with Crippen LogP contribution in [-0.4, -0.2) is 37.1 Å². The van der Waals surface area contributed by atoms with Crippen LogP contribution in [0.25, 0.3) is 0 Å². The molecule has 20 heavy (non-hydrogen) atoms. The van der Waals surface area contributed by atoms with Crippen LogP contribution < -0.4 is 5.32 Å².